The van der Waals surface area contributed by atoms with Gasteiger partial charge in [-0.05, 0) is 18.4 Å². The molecule has 2 N–H and O–H groups in total. The van der Waals surface area contributed by atoms with E-state index in [0.717, 1.165) is 10.4 Å². The maximum Gasteiger partial charge on any atom is 0.273 e. The fourth-order valence-electron chi connectivity index (χ4n) is 1.75. The van der Waals surface area contributed by atoms with Gasteiger partial charge in [-0.2, -0.15) is 0 Å². The Morgan fingerprint density at radius 3 is 2.33 bits per heavy atom. The summed E-state index contributed by atoms with van der Waals surface area (Å²) < 4.78 is 25.1. The third-order valence-electron chi connectivity index (χ3n) is 3.34. The molecule has 118 valence electrons. The number of hydrogen-bond acceptors (Lipinski definition) is 5. The molecule has 8 heteroatoms. The van der Waals surface area contributed by atoms with E-state index >= 15 is 0 Å². The highest BCUT2D eigenvalue weighted by atomic mass is 32.2. The fourth-order valence-corrected chi connectivity index (χ4v) is 2.67. The van der Waals surface area contributed by atoms with E-state index in [1.807, 2.05) is 13.8 Å². The molecular formula is C13H21N3O4S. The van der Waals surface area contributed by atoms with Gasteiger partial charge in [0.2, 0.25) is 10.0 Å². The van der Waals surface area contributed by atoms with Crippen LogP contribution in [-0.4, -0.2) is 37.8 Å². The van der Waals surface area contributed by atoms with Crippen LogP contribution in [0.15, 0.2) is 23.1 Å². The smallest absolute Gasteiger partial charge is 0.273 e. The average Bonchev–Trinajstić information content (AvgIpc) is 2.38. The zero-order valence-electron chi connectivity index (χ0n) is 12.6. The zero-order chi connectivity index (χ0) is 16.4. The van der Waals surface area contributed by atoms with Crippen molar-refractivity contribution in [3.63, 3.8) is 0 Å². The Balaban J connectivity index is 3.30. The molecule has 0 bridgehead atoms. The Kier molecular flexibility index (Phi) is 5.43. The number of nitrogens with zero attached hydrogens (tertiary/aromatic N) is 2. The summed E-state index contributed by atoms with van der Waals surface area (Å²) in [5.74, 6) is 0.176. The van der Waals surface area contributed by atoms with Crippen molar-refractivity contribution in [2.75, 3.05) is 14.1 Å². The van der Waals surface area contributed by atoms with Crippen LogP contribution >= 0.6 is 0 Å². The Morgan fingerprint density at radius 1 is 1.33 bits per heavy atom. The first-order valence-corrected chi connectivity index (χ1v) is 7.96. The van der Waals surface area contributed by atoms with Gasteiger partial charge in [0.25, 0.3) is 5.69 Å². The van der Waals surface area contributed by atoms with Gasteiger partial charge in [0.15, 0.2) is 0 Å². The Morgan fingerprint density at radius 2 is 1.90 bits per heavy atom. The van der Waals surface area contributed by atoms with Gasteiger partial charge in [0.1, 0.15) is 0 Å². The van der Waals surface area contributed by atoms with E-state index in [0.29, 0.717) is 12.0 Å². The van der Waals surface area contributed by atoms with Crippen LogP contribution in [-0.2, 0) is 16.4 Å². The summed E-state index contributed by atoms with van der Waals surface area (Å²) in [6.45, 7) is 3.86. The standard InChI is InChI=1S/C13H21N3O4S/c1-9(2)12(14)7-10-5-6-11(8-13(10)16(17)18)21(19,20)15(3)4/h5-6,8-9,12H,7,14H2,1-4H3. The summed E-state index contributed by atoms with van der Waals surface area (Å²) in [4.78, 5) is 10.5. The summed E-state index contributed by atoms with van der Waals surface area (Å²) in [5.41, 5.74) is 6.17. The number of nitrogens with two attached hydrogens (primary N) is 1. The van der Waals surface area contributed by atoms with Crippen LogP contribution in [0.4, 0.5) is 5.69 Å². The molecule has 0 aliphatic rings. The van der Waals surface area contributed by atoms with E-state index in [9.17, 15) is 18.5 Å². The molecule has 0 saturated carbocycles. The number of sulfonamides is 1. The Labute approximate surface area is 124 Å². The lowest BCUT2D eigenvalue weighted by atomic mass is 9.96. The van der Waals surface area contributed by atoms with Gasteiger partial charge in [-0.1, -0.05) is 19.9 Å². The highest BCUT2D eigenvalue weighted by molar-refractivity contribution is 7.89. The van der Waals surface area contributed by atoms with Gasteiger partial charge in [-0.3, -0.25) is 10.1 Å². The summed E-state index contributed by atoms with van der Waals surface area (Å²) in [5, 5.41) is 11.2. The molecule has 1 rings (SSSR count). The maximum absolute atomic E-state index is 12.0. The second-order valence-corrected chi connectivity index (χ2v) is 7.60. The first-order valence-electron chi connectivity index (χ1n) is 6.52. The summed E-state index contributed by atoms with van der Waals surface area (Å²) in [6.07, 6.45) is 0.330. The third kappa shape index (κ3) is 3.99. The zero-order valence-corrected chi connectivity index (χ0v) is 13.4. The second kappa shape index (κ2) is 6.50. The number of nitro benzene ring substituents is 1. The molecule has 0 spiro atoms. The predicted molar refractivity (Wildman–Crippen MR) is 80.5 cm³/mol. The molecule has 0 heterocycles. The molecule has 0 radical (unpaired) electrons. The molecule has 0 aromatic heterocycles. The molecule has 0 saturated heterocycles. The molecule has 21 heavy (non-hydrogen) atoms. The largest absolute Gasteiger partial charge is 0.327 e. The number of hydrogen-bond donors (Lipinski definition) is 1. The third-order valence-corrected chi connectivity index (χ3v) is 5.16. The van der Waals surface area contributed by atoms with E-state index < -0.39 is 14.9 Å². The highest BCUT2D eigenvalue weighted by Gasteiger charge is 2.24. The minimum absolute atomic E-state index is 0.0962. The monoisotopic (exact) mass is 315 g/mol. The predicted octanol–water partition coefficient (Wildman–Crippen LogP) is 1.37. The minimum atomic E-state index is -3.70. The van der Waals surface area contributed by atoms with Gasteiger partial charge in [0.05, 0.1) is 9.82 Å². The van der Waals surface area contributed by atoms with Crippen molar-refractivity contribution in [1.29, 1.82) is 0 Å². The van der Waals surface area contributed by atoms with Crippen molar-refractivity contribution in [2.45, 2.75) is 31.2 Å². The molecular weight excluding hydrogens is 294 g/mol. The maximum atomic E-state index is 12.0. The molecule has 0 amide bonds. The van der Waals surface area contributed by atoms with E-state index in [-0.39, 0.29) is 22.5 Å². The van der Waals surface area contributed by atoms with Gasteiger partial charge >= 0.3 is 0 Å². The lowest BCUT2D eigenvalue weighted by Gasteiger charge is -2.16. The lowest BCUT2D eigenvalue weighted by molar-refractivity contribution is -0.385. The van der Waals surface area contributed by atoms with Crippen molar-refractivity contribution in [1.82, 2.24) is 4.31 Å². The summed E-state index contributed by atoms with van der Waals surface area (Å²) >= 11 is 0. The van der Waals surface area contributed by atoms with Crippen molar-refractivity contribution in [2.24, 2.45) is 11.7 Å². The summed E-state index contributed by atoms with van der Waals surface area (Å²) in [6, 6.07) is 3.72. The van der Waals surface area contributed by atoms with Crippen molar-refractivity contribution < 1.29 is 13.3 Å². The summed E-state index contributed by atoms with van der Waals surface area (Å²) in [7, 11) is -0.939. The molecule has 1 unspecified atom stereocenters. The molecule has 0 aliphatic heterocycles. The molecule has 1 aromatic carbocycles. The molecule has 0 aliphatic carbocycles. The van der Waals surface area contributed by atoms with E-state index in [1.54, 1.807) is 0 Å². The number of nitro groups is 1. The van der Waals surface area contributed by atoms with Gasteiger partial charge in [-0.25, -0.2) is 12.7 Å². The first kappa shape index (κ1) is 17.5. The van der Waals surface area contributed by atoms with Gasteiger partial charge < -0.3 is 5.73 Å². The number of rotatable bonds is 6. The van der Waals surface area contributed by atoms with Crippen LogP contribution in [0.5, 0.6) is 0 Å². The van der Waals surface area contributed by atoms with Crippen LogP contribution in [0.3, 0.4) is 0 Å². The van der Waals surface area contributed by atoms with Gasteiger partial charge in [-0.15, -0.1) is 0 Å². The second-order valence-electron chi connectivity index (χ2n) is 5.45. The van der Waals surface area contributed by atoms with Crippen LogP contribution in [0.2, 0.25) is 0 Å². The van der Waals surface area contributed by atoms with Crippen molar-refractivity contribution in [3.05, 3.63) is 33.9 Å². The molecule has 1 atom stereocenters. The topological polar surface area (TPSA) is 107 Å². The van der Waals surface area contributed by atoms with E-state index in [2.05, 4.69) is 0 Å². The van der Waals surface area contributed by atoms with Crippen molar-refractivity contribution in [3.8, 4) is 0 Å². The quantitative estimate of drug-likeness (QED) is 0.630. The SMILES string of the molecule is CC(C)C(N)Cc1ccc(S(=O)(=O)N(C)C)cc1[N+](=O)[O-]. The fraction of sp³-hybridized carbons (Fsp3) is 0.538. The first-order chi connectivity index (χ1) is 9.57. The van der Waals surface area contributed by atoms with Crippen LogP contribution in [0, 0.1) is 16.0 Å². The van der Waals surface area contributed by atoms with Gasteiger partial charge in [0, 0.05) is 31.8 Å². The molecule has 1 aromatic rings. The van der Waals surface area contributed by atoms with E-state index in [4.69, 9.17) is 5.73 Å². The van der Waals surface area contributed by atoms with Crippen LogP contribution in [0.1, 0.15) is 19.4 Å². The van der Waals surface area contributed by atoms with Crippen LogP contribution in [0.25, 0.3) is 0 Å². The number of benzene rings is 1. The van der Waals surface area contributed by atoms with E-state index in [1.165, 1.54) is 26.2 Å². The Bertz CT molecular complexity index is 626. The van der Waals surface area contributed by atoms with Crippen LogP contribution < -0.4 is 5.73 Å². The lowest BCUT2D eigenvalue weighted by Crippen LogP contribution is -2.29. The van der Waals surface area contributed by atoms with Crippen molar-refractivity contribution >= 4 is 15.7 Å². The molecule has 0 fully saturated rings. The average molecular weight is 315 g/mol. The normalized spacial score (nSPS) is 13.7. The Hall–Kier alpha value is -1.51. The minimum Gasteiger partial charge on any atom is -0.327 e. The highest BCUT2D eigenvalue weighted by Crippen LogP contribution is 2.26. The molecule has 7 nitrogen and oxygen atoms in total.